The van der Waals surface area contributed by atoms with Crippen molar-refractivity contribution in [1.82, 2.24) is 4.90 Å². The summed E-state index contributed by atoms with van der Waals surface area (Å²) >= 11 is 0. The van der Waals surface area contributed by atoms with E-state index in [4.69, 9.17) is 5.73 Å². The molecule has 2 rings (SSSR count). The summed E-state index contributed by atoms with van der Waals surface area (Å²) in [7, 11) is 0. The van der Waals surface area contributed by atoms with Crippen LogP contribution in [0.5, 0.6) is 0 Å². The maximum Gasteiger partial charge on any atom is 0.256 e. The molecule has 1 unspecified atom stereocenters. The Kier molecular flexibility index (Phi) is 4.93. The molecule has 0 spiro atoms. The number of amides is 1. The van der Waals surface area contributed by atoms with Gasteiger partial charge >= 0.3 is 0 Å². The van der Waals surface area contributed by atoms with Crippen LogP contribution in [0.2, 0.25) is 0 Å². The van der Waals surface area contributed by atoms with Crippen molar-refractivity contribution in [2.75, 3.05) is 13.1 Å². The zero-order chi connectivity index (χ0) is 11.5. The number of aliphatic hydroxyl groups is 1. The Balaban J connectivity index is 0.00000144. The van der Waals surface area contributed by atoms with Gasteiger partial charge < -0.3 is 15.7 Å². The van der Waals surface area contributed by atoms with Crippen LogP contribution in [0.15, 0.2) is 30.3 Å². The van der Waals surface area contributed by atoms with Crippen LogP contribution >= 0.6 is 12.4 Å². The zero-order valence-electron chi connectivity index (χ0n) is 9.45. The molecule has 1 heterocycles. The van der Waals surface area contributed by atoms with Crippen molar-refractivity contribution in [1.29, 1.82) is 0 Å². The van der Waals surface area contributed by atoms with Gasteiger partial charge in [-0.3, -0.25) is 4.79 Å². The summed E-state index contributed by atoms with van der Waals surface area (Å²) in [4.78, 5) is 13.5. The second kappa shape index (κ2) is 6.00. The molecule has 0 radical (unpaired) electrons. The molecule has 1 saturated heterocycles. The van der Waals surface area contributed by atoms with E-state index in [0.717, 1.165) is 6.42 Å². The lowest BCUT2D eigenvalue weighted by atomic mass is 10.1. The van der Waals surface area contributed by atoms with Gasteiger partial charge in [-0.2, -0.15) is 0 Å². The van der Waals surface area contributed by atoms with Crippen molar-refractivity contribution in [2.24, 2.45) is 5.73 Å². The first kappa shape index (κ1) is 14.0. The van der Waals surface area contributed by atoms with Gasteiger partial charge in [0.2, 0.25) is 0 Å². The molecule has 0 bridgehead atoms. The SMILES string of the molecule is Cl.N[C@H]1CCN(C(=O)C(O)c2ccccc2)C1. The molecular weight excluding hydrogens is 240 g/mol. The number of halogens is 1. The Bertz CT molecular complexity index is 372. The van der Waals surface area contributed by atoms with Crippen LogP contribution in [-0.4, -0.2) is 35.0 Å². The van der Waals surface area contributed by atoms with E-state index >= 15 is 0 Å². The minimum atomic E-state index is -1.06. The summed E-state index contributed by atoms with van der Waals surface area (Å²) in [6, 6.07) is 9.01. The fraction of sp³-hybridized carbons (Fsp3) is 0.417. The predicted octanol–water partition coefficient (Wildman–Crippen LogP) is 0.701. The van der Waals surface area contributed by atoms with Crippen LogP contribution in [0.1, 0.15) is 18.1 Å². The second-order valence-corrected chi connectivity index (χ2v) is 4.15. The van der Waals surface area contributed by atoms with Crippen molar-refractivity contribution in [3.63, 3.8) is 0 Å². The minimum absolute atomic E-state index is 0. The van der Waals surface area contributed by atoms with Crippen LogP contribution < -0.4 is 5.73 Å². The van der Waals surface area contributed by atoms with Crippen LogP contribution in [0.4, 0.5) is 0 Å². The van der Waals surface area contributed by atoms with Crippen LogP contribution in [0, 0.1) is 0 Å². The molecule has 1 aromatic carbocycles. The summed E-state index contributed by atoms with van der Waals surface area (Å²) in [5.74, 6) is -0.251. The van der Waals surface area contributed by atoms with Gasteiger partial charge in [0, 0.05) is 19.1 Å². The predicted molar refractivity (Wildman–Crippen MR) is 67.8 cm³/mol. The van der Waals surface area contributed by atoms with Gasteiger partial charge in [-0.1, -0.05) is 30.3 Å². The highest BCUT2D eigenvalue weighted by Crippen LogP contribution is 2.18. The summed E-state index contributed by atoms with van der Waals surface area (Å²) in [5.41, 5.74) is 6.36. The molecule has 5 heteroatoms. The highest BCUT2D eigenvalue weighted by atomic mass is 35.5. The molecular formula is C12H17ClN2O2. The standard InChI is InChI=1S/C12H16N2O2.ClH/c13-10-6-7-14(8-10)12(16)11(15)9-4-2-1-3-5-9;/h1-5,10-11,15H,6-8,13H2;1H/t10-,11?;/m0./s1. The highest BCUT2D eigenvalue weighted by Gasteiger charge is 2.28. The van der Waals surface area contributed by atoms with E-state index < -0.39 is 6.10 Å². The molecule has 3 N–H and O–H groups in total. The number of nitrogens with two attached hydrogens (primary N) is 1. The molecule has 1 amide bonds. The molecule has 0 aliphatic carbocycles. The fourth-order valence-corrected chi connectivity index (χ4v) is 1.94. The number of rotatable bonds is 2. The average Bonchev–Trinajstić information content (AvgIpc) is 2.75. The highest BCUT2D eigenvalue weighted by molar-refractivity contribution is 5.85. The molecule has 94 valence electrons. The third kappa shape index (κ3) is 3.19. The normalized spacial score (nSPS) is 20.8. The Morgan fingerprint density at radius 2 is 2.06 bits per heavy atom. The lowest BCUT2D eigenvalue weighted by molar-refractivity contribution is -0.139. The Morgan fingerprint density at radius 3 is 2.59 bits per heavy atom. The molecule has 0 aromatic heterocycles. The summed E-state index contributed by atoms with van der Waals surface area (Å²) in [6.07, 6.45) is -0.251. The van der Waals surface area contributed by atoms with Gasteiger partial charge in [0.15, 0.2) is 6.10 Å². The van der Waals surface area contributed by atoms with Gasteiger partial charge in [-0.25, -0.2) is 0 Å². The second-order valence-electron chi connectivity index (χ2n) is 4.15. The lowest BCUT2D eigenvalue weighted by Gasteiger charge is -2.19. The van der Waals surface area contributed by atoms with Crippen LogP contribution in [0.3, 0.4) is 0 Å². The number of likely N-dealkylation sites (tertiary alicyclic amines) is 1. The number of hydrogen-bond donors (Lipinski definition) is 2. The first-order chi connectivity index (χ1) is 7.68. The maximum atomic E-state index is 11.9. The van der Waals surface area contributed by atoms with Gasteiger partial charge in [0.1, 0.15) is 0 Å². The van der Waals surface area contributed by atoms with Crippen molar-refractivity contribution >= 4 is 18.3 Å². The monoisotopic (exact) mass is 256 g/mol. The first-order valence-corrected chi connectivity index (χ1v) is 5.46. The van der Waals surface area contributed by atoms with Crippen LogP contribution in [0.25, 0.3) is 0 Å². The van der Waals surface area contributed by atoms with E-state index in [1.54, 1.807) is 17.0 Å². The molecule has 1 aliphatic rings. The average molecular weight is 257 g/mol. The van der Waals surface area contributed by atoms with E-state index in [2.05, 4.69) is 0 Å². The lowest BCUT2D eigenvalue weighted by Crippen LogP contribution is -2.35. The smallest absolute Gasteiger partial charge is 0.256 e. The van der Waals surface area contributed by atoms with E-state index in [1.807, 2.05) is 18.2 Å². The van der Waals surface area contributed by atoms with Gasteiger partial charge in [-0.15, -0.1) is 12.4 Å². The van der Waals surface area contributed by atoms with Crippen molar-refractivity contribution < 1.29 is 9.90 Å². The Morgan fingerprint density at radius 1 is 1.41 bits per heavy atom. The van der Waals surface area contributed by atoms with E-state index in [-0.39, 0.29) is 24.4 Å². The topological polar surface area (TPSA) is 66.6 Å². The molecule has 1 aromatic rings. The van der Waals surface area contributed by atoms with E-state index in [1.165, 1.54) is 0 Å². The number of benzene rings is 1. The molecule has 1 fully saturated rings. The Labute approximate surface area is 107 Å². The fourth-order valence-electron chi connectivity index (χ4n) is 1.94. The number of carbonyl (C=O) groups is 1. The molecule has 4 nitrogen and oxygen atoms in total. The number of nitrogens with zero attached hydrogens (tertiary/aromatic N) is 1. The molecule has 2 atom stereocenters. The number of hydrogen-bond acceptors (Lipinski definition) is 3. The molecule has 17 heavy (non-hydrogen) atoms. The largest absolute Gasteiger partial charge is 0.378 e. The summed E-state index contributed by atoms with van der Waals surface area (Å²) in [5, 5.41) is 9.90. The van der Waals surface area contributed by atoms with Crippen molar-refractivity contribution in [3.05, 3.63) is 35.9 Å². The minimum Gasteiger partial charge on any atom is -0.378 e. The van der Waals surface area contributed by atoms with Crippen LogP contribution in [-0.2, 0) is 4.79 Å². The Hall–Kier alpha value is -1.10. The molecule has 0 saturated carbocycles. The first-order valence-electron chi connectivity index (χ1n) is 5.46. The number of aliphatic hydroxyl groups excluding tert-OH is 1. The quantitative estimate of drug-likeness (QED) is 0.819. The summed E-state index contributed by atoms with van der Waals surface area (Å²) in [6.45, 7) is 1.19. The maximum absolute atomic E-state index is 11.9. The molecule has 1 aliphatic heterocycles. The zero-order valence-corrected chi connectivity index (χ0v) is 10.3. The third-order valence-electron chi connectivity index (χ3n) is 2.89. The van der Waals surface area contributed by atoms with Gasteiger partial charge in [0.25, 0.3) is 5.91 Å². The van der Waals surface area contributed by atoms with Crippen molar-refractivity contribution in [2.45, 2.75) is 18.6 Å². The summed E-state index contributed by atoms with van der Waals surface area (Å²) < 4.78 is 0. The van der Waals surface area contributed by atoms with Crippen molar-refractivity contribution in [3.8, 4) is 0 Å². The number of carbonyl (C=O) groups excluding carboxylic acids is 1. The third-order valence-corrected chi connectivity index (χ3v) is 2.89. The van der Waals surface area contributed by atoms with Gasteiger partial charge in [0.05, 0.1) is 0 Å². The van der Waals surface area contributed by atoms with E-state index in [9.17, 15) is 9.90 Å². The van der Waals surface area contributed by atoms with Gasteiger partial charge in [-0.05, 0) is 12.0 Å². The van der Waals surface area contributed by atoms with E-state index in [0.29, 0.717) is 18.7 Å².